The lowest BCUT2D eigenvalue weighted by atomic mass is 9.99. The predicted molar refractivity (Wildman–Crippen MR) is 123 cm³/mol. The molecule has 0 amide bonds. The van der Waals surface area contributed by atoms with Crippen LogP contribution in [0.4, 0.5) is 0 Å². The fraction of sp³-hybridized carbons (Fsp3) is 0.200. The van der Waals surface area contributed by atoms with Crippen molar-refractivity contribution in [3.8, 4) is 11.1 Å². The van der Waals surface area contributed by atoms with Gasteiger partial charge in [0.25, 0.3) is 0 Å². The van der Waals surface area contributed by atoms with Crippen molar-refractivity contribution in [3.05, 3.63) is 90.1 Å². The standard InChI is InChI=1S/C25H26N2O2S/c1-18(2)19-10-12-20(13-11-19)21-6-5-7-23(16-21)30(28,29)27-15-14-22-17-26-25-9-4-3-8-24(22)25/h3-13,16-18,26-27H,14-15H2,1-2H3. The molecule has 0 atom stereocenters. The molecule has 0 aliphatic heterocycles. The average molecular weight is 419 g/mol. The van der Waals surface area contributed by atoms with Gasteiger partial charge in [-0.3, -0.25) is 0 Å². The maximum absolute atomic E-state index is 12.8. The number of sulfonamides is 1. The molecule has 4 rings (SSSR count). The molecule has 4 aromatic rings. The molecule has 0 bridgehead atoms. The second-order valence-electron chi connectivity index (χ2n) is 7.81. The second kappa shape index (κ2) is 8.46. The van der Waals surface area contributed by atoms with E-state index >= 15 is 0 Å². The Morgan fingerprint density at radius 3 is 2.43 bits per heavy atom. The van der Waals surface area contributed by atoms with Crippen LogP contribution in [0.2, 0.25) is 0 Å². The summed E-state index contributed by atoms with van der Waals surface area (Å²) in [6.07, 6.45) is 2.57. The van der Waals surface area contributed by atoms with Crippen molar-refractivity contribution >= 4 is 20.9 Å². The quantitative estimate of drug-likeness (QED) is 0.417. The van der Waals surface area contributed by atoms with Crippen LogP contribution in [0.1, 0.15) is 30.9 Å². The molecule has 0 unspecified atom stereocenters. The summed E-state index contributed by atoms with van der Waals surface area (Å²) in [7, 11) is -3.58. The summed E-state index contributed by atoms with van der Waals surface area (Å²) >= 11 is 0. The normalized spacial score (nSPS) is 12.0. The lowest BCUT2D eigenvalue weighted by Gasteiger charge is -2.10. The number of fused-ring (bicyclic) bond motifs is 1. The first-order valence-electron chi connectivity index (χ1n) is 10.2. The Hall–Kier alpha value is -2.89. The fourth-order valence-corrected chi connectivity index (χ4v) is 4.72. The van der Waals surface area contributed by atoms with Crippen LogP contribution in [0.25, 0.3) is 22.0 Å². The second-order valence-corrected chi connectivity index (χ2v) is 9.58. The molecular formula is C25H26N2O2S. The molecule has 0 radical (unpaired) electrons. The molecule has 2 N–H and O–H groups in total. The minimum Gasteiger partial charge on any atom is -0.361 e. The van der Waals surface area contributed by atoms with Crippen molar-refractivity contribution in [2.75, 3.05) is 6.54 Å². The molecule has 0 saturated heterocycles. The highest BCUT2D eigenvalue weighted by molar-refractivity contribution is 7.89. The average Bonchev–Trinajstić information content (AvgIpc) is 3.17. The Morgan fingerprint density at radius 2 is 1.67 bits per heavy atom. The third-order valence-electron chi connectivity index (χ3n) is 5.42. The fourth-order valence-electron chi connectivity index (χ4n) is 3.65. The molecule has 4 nitrogen and oxygen atoms in total. The number of aromatic nitrogens is 1. The summed E-state index contributed by atoms with van der Waals surface area (Å²) in [5, 5.41) is 1.13. The first kappa shape index (κ1) is 20.4. The highest BCUT2D eigenvalue weighted by atomic mass is 32.2. The SMILES string of the molecule is CC(C)c1ccc(-c2cccc(S(=O)(=O)NCCc3c[nH]c4ccccc34)c2)cc1. The van der Waals surface area contributed by atoms with Crippen molar-refractivity contribution in [2.24, 2.45) is 0 Å². The van der Waals surface area contributed by atoms with Crippen LogP contribution in [0, 0.1) is 0 Å². The van der Waals surface area contributed by atoms with Gasteiger partial charge < -0.3 is 4.98 Å². The zero-order chi connectivity index (χ0) is 21.1. The minimum absolute atomic E-state index is 0.284. The summed E-state index contributed by atoms with van der Waals surface area (Å²) in [4.78, 5) is 3.51. The molecule has 0 aliphatic carbocycles. The number of rotatable bonds is 7. The number of nitrogens with one attached hydrogen (secondary N) is 2. The molecule has 30 heavy (non-hydrogen) atoms. The van der Waals surface area contributed by atoms with Crippen LogP contribution in [-0.4, -0.2) is 19.9 Å². The van der Waals surface area contributed by atoms with Gasteiger partial charge in [-0.25, -0.2) is 13.1 Å². The van der Waals surface area contributed by atoms with Gasteiger partial charge >= 0.3 is 0 Å². The predicted octanol–water partition coefficient (Wildman–Crippen LogP) is 5.48. The lowest BCUT2D eigenvalue weighted by molar-refractivity contribution is 0.582. The number of H-pyrrole nitrogens is 1. The molecular weight excluding hydrogens is 392 g/mol. The molecule has 0 saturated carbocycles. The monoisotopic (exact) mass is 418 g/mol. The van der Waals surface area contributed by atoms with Gasteiger partial charge in [0.1, 0.15) is 0 Å². The van der Waals surface area contributed by atoms with Gasteiger partial charge in [-0.1, -0.05) is 68.4 Å². The van der Waals surface area contributed by atoms with Crippen molar-refractivity contribution in [3.63, 3.8) is 0 Å². The Labute approximate surface area is 178 Å². The van der Waals surface area contributed by atoms with Crippen LogP contribution in [0.3, 0.4) is 0 Å². The molecule has 154 valence electrons. The van der Waals surface area contributed by atoms with Crippen LogP contribution < -0.4 is 4.72 Å². The number of hydrogen-bond acceptors (Lipinski definition) is 2. The van der Waals surface area contributed by atoms with Crippen molar-refractivity contribution in [2.45, 2.75) is 31.1 Å². The van der Waals surface area contributed by atoms with Gasteiger partial charge in [-0.2, -0.15) is 0 Å². The van der Waals surface area contributed by atoms with Gasteiger partial charge in [0.15, 0.2) is 0 Å². The van der Waals surface area contributed by atoms with E-state index in [9.17, 15) is 8.42 Å². The third kappa shape index (κ3) is 4.32. The minimum atomic E-state index is -3.58. The van der Waals surface area contributed by atoms with Crippen LogP contribution >= 0.6 is 0 Å². The summed E-state index contributed by atoms with van der Waals surface area (Å²) in [6, 6.07) is 23.4. The molecule has 0 aliphatic rings. The zero-order valence-electron chi connectivity index (χ0n) is 17.2. The molecule has 1 aromatic heterocycles. The van der Waals surface area contributed by atoms with Gasteiger partial charge in [0, 0.05) is 23.6 Å². The van der Waals surface area contributed by atoms with E-state index in [1.165, 1.54) is 5.56 Å². The molecule has 5 heteroatoms. The van der Waals surface area contributed by atoms with E-state index in [1.54, 1.807) is 18.2 Å². The summed E-state index contributed by atoms with van der Waals surface area (Å²) in [5.41, 5.74) is 5.33. The van der Waals surface area contributed by atoms with Crippen molar-refractivity contribution < 1.29 is 8.42 Å². The molecule has 3 aromatic carbocycles. The third-order valence-corrected chi connectivity index (χ3v) is 6.88. The van der Waals surface area contributed by atoms with Crippen LogP contribution in [-0.2, 0) is 16.4 Å². The zero-order valence-corrected chi connectivity index (χ0v) is 18.0. The smallest absolute Gasteiger partial charge is 0.240 e. The van der Waals surface area contributed by atoms with Crippen molar-refractivity contribution in [1.29, 1.82) is 0 Å². The first-order valence-corrected chi connectivity index (χ1v) is 11.7. The van der Waals surface area contributed by atoms with E-state index in [1.807, 2.05) is 48.7 Å². The maximum atomic E-state index is 12.8. The van der Waals surface area contributed by atoms with E-state index < -0.39 is 10.0 Å². The molecule has 0 fully saturated rings. The van der Waals surface area contributed by atoms with E-state index in [-0.39, 0.29) is 4.90 Å². The number of benzene rings is 3. The van der Waals surface area contributed by atoms with Gasteiger partial charge in [-0.05, 0) is 52.8 Å². The van der Waals surface area contributed by atoms with Crippen LogP contribution in [0.15, 0.2) is 83.9 Å². The van der Waals surface area contributed by atoms with Gasteiger partial charge in [0.2, 0.25) is 10.0 Å². The Morgan fingerprint density at radius 1 is 0.900 bits per heavy atom. The van der Waals surface area contributed by atoms with Crippen molar-refractivity contribution in [1.82, 2.24) is 9.71 Å². The van der Waals surface area contributed by atoms with E-state index in [4.69, 9.17) is 0 Å². The largest absolute Gasteiger partial charge is 0.361 e. The summed E-state index contributed by atoms with van der Waals surface area (Å²) < 4.78 is 28.4. The van der Waals surface area contributed by atoms with E-state index in [0.29, 0.717) is 18.9 Å². The topological polar surface area (TPSA) is 62.0 Å². The van der Waals surface area contributed by atoms with E-state index in [0.717, 1.165) is 27.6 Å². The lowest BCUT2D eigenvalue weighted by Crippen LogP contribution is -2.26. The van der Waals surface area contributed by atoms with E-state index in [2.05, 4.69) is 35.7 Å². The Balaban J connectivity index is 1.48. The first-order chi connectivity index (χ1) is 14.4. The van der Waals surface area contributed by atoms with Gasteiger partial charge in [0.05, 0.1) is 4.90 Å². The van der Waals surface area contributed by atoms with Gasteiger partial charge in [-0.15, -0.1) is 0 Å². The summed E-state index contributed by atoms with van der Waals surface area (Å²) in [5.74, 6) is 0.465. The summed E-state index contributed by atoms with van der Waals surface area (Å²) in [6.45, 7) is 4.66. The highest BCUT2D eigenvalue weighted by Gasteiger charge is 2.15. The molecule has 1 heterocycles. The Kier molecular flexibility index (Phi) is 5.75. The highest BCUT2D eigenvalue weighted by Crippen LogP contribution is 2.25. The number of hydrogen-bond donors (Lipinski definition) is 2. The number of aromatic amines is 1. The Bertz CT molecular complexity index is 1260. The maximum Gasteiger partial charge on any atom is 0.240 e. The molecule has 0 spiro atoms. The number of para-hydroxylation sites is 1. The van der Waals surface area contributed by atoms with Crippen LogP contribution in [0.5, 0.6) is 0 Å².